The summed E-state index contributed by atoms with van der Waals surface area (Å²) in [5, 5.41) is 4.08. The van der Waals surface area contributed by atoms with Gasteiger partial charge < -0.3 is 20.1 Å². The van der Waals surface area contributed by atoms with Crippen LogP contribution in [0.3, 0.4) is 0 Å². The molecular formula is C24H23N3O8S2. The quantitative estimate of drug-likeness (QED) is 0.525. The first-order valence-electron chi connectivity index (χ1n) is 10.8. The number of nitrogens with zero attached hydrogens (tertiary/aromatic N) is 1. The number of esters is 2. The van der Waals surface area contributed by atoms with Crippen LogP contribution in [0.25, 0.3) is 0 Å². The molecule has 0 radical (unpaired) electrons. The van der Waals surface area contributed by atoms with Crippen LogP contribution in [-0.4, -0.2) is 76.8 Å². The molecule has 3 rings (SSSR count). The van der Waals surface area contributed by atoms with Gasteiger partial charge in [0.15, 0.2) is 0 Å². The van der Waals surface area contributed by atoms with Crippen molar-refractivity contribution in [2.45, 2.75) is 19.0 Å². The maximum Gasteiger partial charge on any atom is 0.329 e. The van der Waals surface area contributed by atoms with Crippen LogP contribution in [0.2, 0.25) is 0 Å². The molecule has 11 nitrogen and oxygen atoms in total. The Labute approximate surface area is 220 Å². The summed E-state index contributed by atoms with van der Waals surface area (Å²) in [7, 11) is 2.28. The van der Waals surface area contributed by atoms with E-state index in [1.54, 1.807) is 19.1 Å². The zero-order valence-electron chi connectivity index (χ0n) is 20.1. The monoisotopic (exact) mass is 545 g/mol. The van der Waals surface area contributed by atoms with Gasteiger partial charge in [-0.1, -0.05) is 29.6 Å². The molecule has 1 aromatic heterocycles. The number of fused-ring (bicyclic) bond motifs is 4. The fraction of sp³-hybridized carbons (Fsp3) is 0.292. The number of aromatic nitrogens is 1. The smallest absolute Gasteiger partial charge is 0.329 e. The topological polar surface area (TPSA) is 158 Å². The van der Waals surface area contributed by atoms with Crippen molar-refractivity contribution in [3.8, 4) is 0 Å². The van der Waals surface area contributed by atoms with E-state index in [0.717, 1.165) is 37.7 Å². The van der Waals surface area contributed by atoms with E-state index >= 15 is 0 Å². The largest absolute Gasteiger partial charge is 0.467 e. The average molecular weight is 546 g/mol. The summed E-state index contributed by atoms with van der Waals surface area (Å²) in [6, 6.07) is 6.26. The van der Waals surface area contributed by atoms with Crippen LogP contribution in [0, 0.1) is 6.92 Å². The third-order valence-corrected chi connectivity index (χ3v) is 7.10. The van der Waals surface area contributed by atoms with E-state index in [9.17, 15) is 28.8 Å². The van der Waals surface area contributed by atoms with Gasteiger partial charge in [-0.2, -0.15) is 0 Å². The van der Waals surface area contributed by atoms with Crippen molar-refractivity contribution < 1.29 is 38.2 Å². The molecule has 0 unspecified atom stereocenters. The van der Waals surface area contributed by atoms with Crippen LogP contribution in [0.15, 0.2) is 36.4 Å². The van der Waals surface area contributed by atoms with E-state index in [4.69, 9.17) is 9.47 Å². The first kappa shape index (κ1) is 27.9. The van der Waals surface area contributed by atoms with Gasteiger partial charge in [0.25, 0.3) is 11.8 Å². The lowest BCUT2D eigenvalue weighted by Crippen LogP contribution is -2.45. The second-order valence-electron chi connectivity index (χ2n) is 7.79. The van der Waals surface area contributed by atoms with E-state index < -0.39 is 46.1 Å². The molecule has 2 heterocycles. The zero-order chi connectivity index (χ0) is 27.1. The summed E-state index contributed by atoms with van der Waals surface area (Å²) in [5.41, 5.74) is 0.724. The number of carbonyl (C=O) groups excluding carboxylic acids is 6. The summed E-state index contributed by atoms with van der Waals surface area (Å²) < 4.78 is 9.50. The number of amides is 2. The van der Waals surface area contributed by atoms with E-state index in [-0.39, 0.29) is 34.0 Å². The van der Waals surface area contributed by atoms with Gasteiger partial charge in [0.1, 0.15) is 23.5 Å². The Bertz CT molecular complexity index is 1180. The molecule has 0 aliphatic carbocycles. The molecule has 2 N–H and O–H groups in total. The molecule has 194 valence electrons. The van der Waals surface area contributed by atoms with Gasteiger partial charge in [-0.25, -0.2) is 14.6 Å². The lowest BCUT2D eigenvalue weighted by molar-refractivity contribution is -0.143. The summed E-state index contributed by atoms with van der Waals surface area (Å²) in [6.45, 7) is 1.71. The van der Waals surface area contributed by atoms with Gasteiger partial charge in [-0.15, -0.1) is 0 Å². The number of carbonyl (C=O) groups is 6. The first-order chi connectivity index (χ1) is 17.6. The van der Waals surface area contributed by atoms with Crippen molar-refractivity contribution in [1.29, 1.82) is 0 Å². The Morgan fingerprint density at radius 2 is 1.24 bits per heavy atom. The van der Waals surface area contributed by atoms with E-state index in [1.165, 1.54) is 24.3 Å². The van der Waals surface area contributed by atoms with Crippen LogP contribution in [0.1, 0.15) is 47.3 Å². The number of ether oxygens (including phenoxy) is 2. The molecule has 1 aliphatic heterocycles. The molecule has 2 atom stereocenters. The minimum Gasteiger partial charge on any atom is -0.467 e. The lowest BCUT2D eigenvalue weighted by atomic mass is 10.1. The van der Waals surface area contributed by atoms with Crippen molar-refractivity contribution in [2.24, 2.45) is 0 Å². The summed E-state index contributed by atoms with van der Waals surface area (Å²) in [5.74, 6) is -3.41. The maximum absolute atomic E-state index is 12.9. The standard InChI is InChI=1S/C24H23N3O8S2/c1-12-7-13-9-14(8-12)24(33)37-11-18(22(31)35-3)27-20(29)16-6-4-5-15(25-16)19(28)26-17(21(30)34-2)10-36-23(13)32/h4-9,17-18H,10-11H2,1-3H3,(H,26,28)(H,27,29)/t17-,18-/m1/s1. The predicted octanol–water partition coefficient (Wildman–Crippen LogP) is 1.39. The minimum absolute atomic E-state index is 0.149. The van der Waals surface area contributed by atoms with Crippen LogP contribution in [-0.2, 0) is 19.1 Å². The van der Waals surface area contributed by atoms with Gasteiger partial charge in [0.2, 0.25) is 10.2 Å². The van der Waals surface area contributed by atoms with Crippen LogP contribution >= 0.6 is 23.5 Å². The molecule has 0 saturated heterocycles. The third-order valence-electron chi connectivity index (χ3n) is 5.11. The van der Waals surface area contributed by atoms with Gasteiger partial charge in [-0.05, 0) is 42.8 Å². The Kier molecular flexibility index (Phi) is 9.42. The molecule has 0 saturated carbocycles. The molecular weight excluding hydrogens is 522 g/mol. The second-order valence-corrected chi connectivity index (χ2v) is 9.78. The van der Waals surface area contributed by atoms with Crippen molar-refractivity contribution >= 4 is 57.5 Å². The maximum atomic E-state index is 12.9. The van der Waals surface area contributed by atoms with E-state index in [0.29, 0.717) is 5.56 Å². The highest BCUT2D eigenvalue weighted by molar-refractivity contribution is 8.14. The number of benzene rings is 1. The van der Waals surface area contributed by atoms with Crippen LogP contribution in [0.4, 0.5) is 0 Å². The second kappa shape index (κ2) is 12.5. The highest BCUT2D eigenvalue weighted by Gasteiger charge is 2.28. The Balaban J connectivity index is 2.02. The number of hydrogen-bond acceptors (Lipinski definition) is 11. The highest BCUT2D eigenvalue weighted by atomic mass is 32.2. The van der Waals surface area contributed by atoms with E-state index in [1.807, 2.05) is 0 Å². The summed E-state index contributed by atoms with van der Waals surface area (Å²) in [4.78, 5) is 80.0. The summed E-state index contributed by atoms with van der Waals surface area (Å²) in [6.07, 6.45) is 0. The SMILES string of the molecule is COC(=O)[C@H]1CSC(=O)c2cc(C)cc(c2)C(=O)SC[C@H](C(=O)OC)NC(=O)c2cccc(n2)C(=O)N1. The first-order valence-corrected chi connectivity index (χ1v) is 12.8. The number of hydrogen-bond donors (Lipinski definition) is 2. The van der Waals surface area contributed by atoms with Crippen molar-refractivity contribution in [1.82, 2.24) is 15.6 Å². The van der Waals surface area contributed by atoms with Crippen molar-refractivity contribution in [3.05, 3.63) is 64.5 Å². The predicted molar refractivity (Wildman–Crippen MR) is 136 cm³/mol. The normalized spacial score (nSPS) is 19.1. The molecule has 1 aliphatic rings. The molecule has 37 heavy (non-hydrogen) atoms. The molecule has 2 aromatic rings. The number of aryl methyl sites for hydroxylation is 1. The fourth-order valence-electron chi connectivity index (χ4n) is 3.28. The minimum atomic E-state index is -1.20. The Morgan fingerprint density at radius 1 is 0.811 bits per heavy atom. The van der Waals surface area contributed by atoms with Crippen LogP contribution < -0.4 is 10.6 Å². The number of nitrogens with one attached hydrogen (secondary N) is 2. The molecule has 2 amide bonds. The van der Waals surface area contributed by atoms with Gasteiger partial charge in [-0.3, -0.25) is 19.2 Å². The van der Waals surface area contributed by atoms with Crippen molar-refractivity contribution in [3.63, 3.8) is 0 Å². The molecule has 1 aromatic carbocycles. The zero-order valence-corrected chi connectivity index (χ0v) is 21.7. The van der Waals surface area contributed by atoms with Crippen molar-refractivity contribution in [2.75, 3.05) is 25.7 Å². The molecule has 0 spiro atoms. The third kappa shape index (κ3) is 7.17. The van der Waals surface area contributed by atoms with Gasteiger partial charge >= 0.3 is 11.9 Å². The number of methoxy groups -OCH3 is 2. The van der Waals surface area contributed by atoms with E-state index in [2.05, 4.69) is 15.6 Å². The molecule has 13 heteroatoms. The average Bonchev–Trinajstić information content (AvgIpc) is 2.90. The number of thioether (sulfide) groups is 2. The van der Waals surface area contributed by atoms with Crippen LogP contribution in [0.5, 0.6) is 0 Å². The Morgan fingerprint density at radius 3 is 1.65 bits per heavy atom. The number of pyridine rings is 1. The Hall–Kier alpha value is -3.71. The number of rotatable bonds is 2. The van der Waals surface area contributed by atoms with Gasteiger partial charge in [0.05, 0.1) is 14.2 Å². The molecule has 4 bridgehead atoms. The fourth-order valence-corrected chi connectivity index (χ4v) is 4.92. The summed E-state index contributed by atoms with van der Waals surface area (Å²) >= 11 is 1.54. The van der Waals surface area contributed by atoms with Gasteiger partial charge in [0, 0.05) is 22.6 Å². The molecule has 0 fully saturated rings. The highest BCUT2D eigenvalue weighted by Crippen LogP contribution is 2.22. The lowest BCUT2D eigenvalue weighted by Gasteiger charge is -2.17.